The van der Waals surface area contributed by atoms with Crippen molar-refractivity contribution in [1.82, 2.24) is 24.6 Å². The predicted octanol–water partition coefficient (Wildman–Crippen LogP) is 0.401. The molecule has 1 aliphatic heterocycles. The van der Waals surface area contributed by atoms with Gasteiger partial charge in [0.25, 0.3) is 0 Å². The van der Waals surface area contributed by atoms with Gasteiger partial charge in [-0.05, 0) is 19.3 Å². The molecule has 2 aromatic heterocycles. The van der Waals surface area contributed by atoms with Gasteiger partial charge in [-0.25, -0.2) is 13.2 Å². The second kappa shape index (κ2) is 7.06. The molecule has 0 aromatic carbocycles. The molecule has 146 valence electrons. The molecule has 2 fully saturated rings. The molecule has 4 rings (SSSR count). The molecule has 1 amide bonds. The number of aromatic nitrogens is 4. The van der Waals surface area contributed by atoms with Crippen molar-refractivity contribution in [3.8, 4) is 0 Å². The van der Waals surface area contributed by atoms with Gasteiger partial charge in [0.15, 0.2) is 9.84 Å². The number of rotatable bonds is 4. The predicted molar refractivity (Wildman–Crippen MR) is 99.1 cm³/mol. The normalized spacial score (nSPS) is 22.9. The fourth-order valence-electron chi connectivity index (χ4n) is 4.06. The second-order valence-electron chi connectivity index (χ2n) is 7.45. The maximum atomic E-state index is 12.4. The van der Waals surface area contributed by atoms with Crippen molar-refractivity contribution in [2.24, 2.45) is 0 Å². The molecule has 1 saturated carbocycles. The summed E-state index contributed by atoms with van der Waals surface area (Å²) in [5.74, 6) is -0.0458. The van der Waals surface area contributed by atoms with Gasteiger partial charge in [0.1, 0.15) is 12.1 Å². The van der Waals surface area contributed by atoms with E-state index >= 15 is 0 Å². The van der Waals surface area contributed by atoms with Crippen molar-refractivity contribution in [3.05, 3.63) is 22.9 Å². The topological polar surface area (TPSA) is 116 Å². The van der Waals surface area contributed by atoms with Crippen LogP contribution in [0.2, 0.25) is 0 Å². The molecule has 1 atom stereocenters. The fraction of sp³-hybridized carbons (Fsp3) is 0.647. The van der Waals surface area contributed by atoms with E-state index in [0.29, 0.717) is 17.5 Å². The minimum atomic E-state index is -3.06. The molecular formula is C17H23N5O4S. The third-order valence-corrected chi connectivity index (χ3v) is 7.21. The molecular weight excluding hydrogens is 370 g/mol. The largest absolute Gasteiger partial charge is 0.352 e. The Balaban J connectivity index is 1.58. The summed E-state index contributed by atoms with van der Waals surface area (Å²) < 4.78 is 26.4. The van der Waals surface area contributed by atoms with E-state index in [1.807, 2.05) is 0 Å². The van der Waals surface area contributed by atoms with Crippen LogP contribution in [0.3, 0.4) is 0 Å². The Morgan fingerprint density at radius 2 is 1.93 bits per heavy atom. The van der Waals surface area contributed by atoms with Crippen molar-refractivity contribution in [2.75, 3.05) is 11.5 Å². The Labute approximate surface area is 156 Å². The first kappa shape index (κ1) is 18.1. The molecule has 0 radical (unpaired) electrons. The molecule has 0 bridgehead atoms. The summed E-state index contributed by atoms with van der Waals surface area (Å²) in [6.45, 7) is -0.117. The van der Waals surface area contributed by atoms with Crippen LogP contribution in [0.1, 0.15) is 44.6 Å². The number of nitrogens with zero attached hydrogens (tertiary/aromatic N) is 4. The van der Waals surface area contributed by atoms with Gasteiger partial charge in [-0.15, -0.1) is 0 Å². The van der Waals surface area contributed by atoms with E-state index in [0.717, 1.165) is 25.7 Å². The van der Waals surface area contributed by atoms with E-state index in [1.165, 1.54) is 23.4 Å². The molecule has 0 spiro atoms. The Hall–Kier alpha value is -2.23. The van der Waals surface area contributed by atoms with Crippen LogP contribution in [0.25, 0.3) is 11.0 Å². The van der Waals surface area contributed by atoms with Crippen molar-refractivity contribution in [3.63, 3.8) is 0 Å². The fourth-order valence-corrected chi connectivity index (χ4v) is 5.75. The Kier molecular flexibility index (Phi) is 4.75. The minimum Gasteiger partial charge on any atom is -0.352 e. The number of hydrogen-bond donors (Lipinski definition) is 1. The summed E-state index contributed by atoms with van der Waals surface area (Å²) in [5, 5.41) is 7.29. The van der Waals surface area contributed by atoms with Crippen LogP contribution in [0.15, 0.2) is 17.2 Å². The van der Waals surface area contributed by atoms with Crippen LogP contribution < -0.4 is 11.0 Å². The molecule has 0 unspecified atom stereocenters. The third kappa shape index (κ3) is 3.76. The average Bonchev–Trinajstić information content (AvgIpc) is 3.21. The Morgan fingerprint density at radius 1 is 1.15 bits per heavy atom. The summed E-state index contributed by atoms with van der Waals surface area (Å²) in [5.41, 5.74) is 0.556. The van der Waals surface area contributed by atoms with Gasteiger partial charge in [0.2, 0.25) is 5.91 Å². The van der Waals surface area contributed by atoms with Crippen LogP contribution in [0.4, 0.5) is 0 Å². The van der Waals surface area contributed by atoms with Gasteiger partial charge in [-0.2, -0.15) is 10.1 Å². The van der Waals surface area contributed by atoms with E-state index in [2.05, 4.69) is 15.4 Å². The first-order valence-corrected chi connectivity index (χ1v) is 11.2. The van der Waals surface area contributed by atoms with Crippen LogP contribution in [0.5, 0.6) is 0 Å². The number of sulfone groups is 1. The van der Waals surface area contributed by atoms with Crippen molar-refractivity contribution >= 4 is 26.8 Å². The molecule has 1 saturated heterocycles. The lowest BCUT2D eigenvalue weighted by Gasteiger charge is -2.22. The monoisotopic (exact) mass is 393 g/mol. The van der Waals surface area contributed by atoms with Gasteiger partial charge >= 0.3 is 5.69 Å². The molecule has 2 aliphatic rings. The van der Waals surface area contributed by atoms with Gasteiger partial charge < -0.3 is 5.32 Å². The first-order valence-electron chi connectivity index (χ1n) is 9.36. The highest BCUT2D eigenvalue weighted by Gasteiger charge is 2.31. The van der Waals surface area contributed by atoms with Crippen molar-refractivity contribution in [2.45, 2.75) is 57.2 Å². The van der Waals surface area contributed by atoms with Crippen LogP contribution >= 0.6 is 0 Å². The number of hydrogen-bond acceptors (Lipinski definition) is 6. The standard InChI is InChI=1S/C17H23N5O4S/c23-16(20-12-4-2-1-3-5-12)10-21-14-9-19-22(15(14)8-18-17(21)24)13-6-7-27(25,26)11-13/h8-9,12-13H,1-7,10-11H2,(H,20,23)/t13-/m1/s1. The Morgan fingerprint density at radius 3 is 2.63 bits per heavy atom. The summed E-state index contributed by atoms with van der Waals surface area (Å²) in [6, 6.07) is -0.100. The quantitative estimate of drug-likeness (QED) is 0.804. The summed E-state index contributed by atoms with van der Waals surface area (Å²) >= 11 is 0. The van der Waals surface area contributed by atoms with Crippen molar-refractivity contribution < 1.29 is 13.2 Å². The number of carbonyl (C=O) groups is 1. The zero-order valence-corrected chi connectivity index (χ0v) is 15.8. The van der Waals surface area contributed by atoms with Gasteiger partial charge in [0.05, 0.1) is 35.5 Å². The molecule has 9 nitrogen and oxygen atoms in total. The van der Waals surface area contributed by atoms with E-state index in [-0.39, 0.29) is 36.0 Å². The Bertz CT molecular complexity index is 1020. The molecule has 1 aliphatic carbocycles. The van der Waals surface area contributed by atoms with Gasteiger partial charge in [0, 0.05) is 6.04 Å². The molecule has 2 aromatic rings. The summed E-state index contributed by atoms with van der Waals surface area (Å²) in [6.07, 6.45) is 8.76. The van der Waals surface area contributed by atoms with Crippen LogP contribution in [-0.2, 0) is 21.2 Å². The highest BCUT2D eigenvalue weighted by atomic mass is 32.2. The third-order valence-electron chi connectivity index (χ3n) is 5.46. The zero-order valence-electron chi connectivity index (χ0n) is 15.0. The maximum absolute atomic E-state index is 12.4. The second-order valence-corrected chi connectivity index (χ2v) is 9.67. The number of amides is 1. The average molecular weight is 393 g/mol. The number of fused-ring (bicyclic) bond motifs is 1. The van der Waals surface area contributed by atoms with Gasteiger partial charge in [-0.1, -0.05) is 19.3 Å². The number of carbonyl (C=O) groups excluding carboxylic acids is 1. The molecule has 10 heteroatoms. The summed E-state index contributed by atoms with van der Waals surface area (Å²) in [7, 11) is -3.06. The molecule has 3 heterocycles. The van der Waals surface area contributed by atoms with Crippen molar-refractivity contribution in [1.29, 1.82) is 0 Å². The van der Waals surface area contributed by atoms with E-state index < -0.39 is 15.5 Å². The zero-order chi connectivity index (χ0) is 19.0. The van der Waals surface area contributed by atoms with E-state index in [1.54, 1.807) is 4.68 Å². The lowest BCUT2D eigenvalue weighted by atomic mass is 9.95. The highest BCUT2D eigenvalue weighted by molar-refractivity contribution is 7.91. The minimum absolute atomic E-state index is 0.0328. The van der Waals surface area contributed by atoms with E-state index in [9.17, 15) is 18.0 Å². The number of nitrogens with one attached hydrogen (secondary N) is 1. The first-order chi connectivity index (χ1) is 12.9. The maximum Gasteiger partial charge on any atom is 0.348 e. The lowest BCUT2D eigenvalue weighted by Crippen LogP contribution is -2.40. The molecule has 1 N–H and O–H groups in total. The lowest BCUT2D eigenvalue weighted by molar-refractivity contribution is -0.122. The smallest absolute Gasteiger partial charge is 0.348 e. The van der Waals surface area contributed by atoms with E-state index in [4.69, 9.17) is 0 Å². The highest BCUT2D eigenvalue weighted by Crippen LogP contribution is 2.26. The van der Waals surface area contributed by atoms with Crippen LogP contribution in [0, 0.1) is 0 Å². The van der Waals surface area contributed by atoms with Crippen LogP contribution in [-0.4, -0.2) is 51.2 Å². The molecule has 27 heavy (non-hydrogen) atoms. The SMILES string of the molecule is O=C(Cn1c(=O)ncc2c1cnn2[C@@H]1CCS(=O)(=O)C1)NC1CCCCC1. The summed E-state index contributed by atoms with van der Waals surface area (Å²) in [4.78, 5) is 28.5. The van der Waals surface area contributed by atoms with Gasteiger partial charge in [-0.3, -0.25) is 14.0 Å².